The van der Waals surface area contributed by atoms with Gasteiger partial charge in [0.2, 0.25) is 0 Å². The monoisotopic (exact) mass is 390 g/mol. The minimum atomic E-state index is -3.76. The van der Waals surface area contributed by atoms with E-state index < -0.39 is 10.0 Å². The molecule has 1 heterocycles. The average molecular weight is 390 g/mol. The smallest absolute Gasteiger partial charge is 0.261 e. The van der Waals surface area contributed by atoms with Crippen molar-refractivity contribution >= 4 is 21.6 Å². The normalized spacial score (nSPS) is 16.7. The first-order valence-electron chi connectivity index (χ1n) is 8.65. The molecule has 2 aromatic carbocycles. The summed E-state index contributed by atoms with van der Waals surface area (Å²) in [6.07, 6.45) is 2.00. The fraction of sp³-hybridized carbons (Fsp3) is 0.316. The third-order valence-corrected chi connectivity index (χ3v) is 5.66. The van der Waals surface area contributed by atoms with Gasteiger partial charge in [-0.1, -0.05) is 6.07 Å². The number of benzene rings is 2. The zero-order valence-electron chi connectivity index (χ0n) is 15.0. The maximum Gasteiger partial charge on any atom is 0.261 e. The molecule has 3 rings (SSSR count). The number of ether oxygens (including phenoxy) is 2. The molecule has 0 aliphatic carbocycles. The number of sulfonamides is 1. The van der Waals surface area contributed by atoms with Crippen molar-refractivity contribution in [2.45, 2.75) is 23.8 Å². The molecule has 1 amide bonds. The van der Waals surface area contributed by atoms with E-state index in [1.165, 1.54) is 31.4 Å². The lowest BCUT2D eigenvalue weighted by Crippen LogP contribution is -2.31. The number of hydrogen-bond donors (Lipinski definition) is 2. The largest absolute Gasteiger partial charge is 0.497 e. The summed E-state index contributed by atoms with van der Waals surface area (Å²) in [5.41, 5.74) is 0.793. The molecule has 144 valence electrons. The van der Waals surface area contributed by atoms with Crippen LogP contribution in [0, 0.1) is 0 Å². The van der Waals surface area contributed by atoms with Crippen molar-refractivity contribution in [2.75, 3.05) is 25.0 Å². The van der Waals surface area contributed by atoms with Gasteiger partial charge in [-0.15, -0.1) is 0 Å². The predicted octanol–water partition coefficient (Wildman–Crippen LogP) is 2.40. The van der Waals surface area contributed by atoms with Crippen LogP contribution in [0.4, 0.5) is 5.69 Å². The lowest BCUT2D eigenvalue weighted by molar-refractivity contribution is 0.0857. The Morgan fingerprint density at radius 1 is 1.22 bits per heavy atom. The Bertz CT molecular complexity index is 891. The zero-order chi connectivity index (χ0) is 19.3. The Hall–Kier alpha value is -2.58. The molecule has 0 bridgehead atoms. The van der Waals surface area contributed by atoms with Crippen molar-refractivity contribution < 1.29 is 22.7 Å². The van der Waals surface area contributed by atoms with Crippen LogP contribution in [0.25, 0.3) is 0 Å². The van der Waals surface area contributed by atoms with Crippen LogP contribution in [-0.2, 0) is 14.8 Å². The summed E-state index contributed by atoms with van der Waals surface area (Å²) < 4.78 is 38.1. The molecule has 1 aliphatic rings. The molecular weight excluding hydrogens is 368 g/mol. The SMILES string of the molecule is COc1cccc(NS(=O)(=O)c2ccc(C(=O)NCC3CCCO3)cc2)c1. The molecule has 1 atom stereocenters. The predicted molar refractivity (Wildman–Crippen MR) is 102 cm³/mol. The lowest BCUT2D eigenvalue weighted by atomic mass is 10.2. The first-order valence-corrected chi connectivity index (χ1v) is 10.1. The van der Waals surface area contributed by atoms with Crippen molar-refractivity contribution in [3.8, 4) is 5.75 Å². The number of anilines is 1. The molecule has 1 fully saturated rings. The van der Waals surface area contributed by atoms with Crippen molar-refractivity contribution in [1.29, 1.82) is 0 Å². The first-order chi connectivity index (χ1) is 13.0. The minimum Gasteiger partial charge on any atom is -0.497 e. The quantitative estimate of drug-likeness (QED) is 0.757. The molecule has 0 saturated carbocycles. The van der Waals surface area contributed by atoms with Gasteiger partial charge in [0.05, 0.1) is 23.8 Å². The summed E-state index contributed by atoms with van der Waals surface area (Å²) in [6, 6.07) is 12.4. The average Bonchev–Trinajstić information content (AvgIpc) is 3.19. The van der Waals surface area contributed by atoms with Gasteiger partial charge in [-0.3, -0.25) is 9.52 Å². The molecular formula is C19H22N2O5S. The van der Waals surface area contributed by atoms with Gasteiger partial charge in [-0.25, -0.2) is 8.42 Å². The number of carbonyl (C=O) groups excluding carboxylic acids is 1. The van der Waals surface area contributed by atoms with Crippen molar-refractivity contribution in [1.82, 2.24) is 5.32 Å². The summed E-state index contributed by atoms with van der Waals surface area (Å²) >= 11 is 0. The number of nitrogens with one attached hydrogen (secondary N) is 2. The molecule has 8 heteroatoms. The van der Waals surface area contributed by atoms with Gasteiger partial charge in [0, 0.05) is 24.8 Å². The summed E-state index contributed by atoms with van der Waals surface area (Å²) in [7, 11) is -2.25. The summed E-state index contributed by atoms with van der Waals surface area (Å²) in [4.78, 5) is 12.2. The van der Waals surface area contributed by atoms with E-state index in [0.29, 0.717) is 23.5 Å². The highest BCUT2D eigenvalue weighted by molar-refractivity contribution is 7.92. The van der Waals surface area contributed by atoms with E-state index in [2.05, 4.69) is 10.0 Å². The van der Waals surface area contributed by atoms with Crippen LogP contribution in [0.3, 0.4) is 0 Å². The second-order valence-electron chi connectivity index (χ2n) is 6.21. The van der Waals surface area contributed by atoms with Crippen LogP contribution in [0.2, 0.25) is 0 Å². The zero-order valence-corrected chi connectivity index (χ0v) is 15.8. The summed E-state index contributed by atoms with van der Waals surface area (Å²) in [6.45, 7) is 1.18. The van der Waals surface area contributed by atoms with E-state index in [-0.39, 0.29) is 16.9 Å². The van der Waals surface area contributed by atoms with Crippen LogP contribution in [0.1, 0.15) is 23.2 Å². The Kier molecular flexibility index (Phi) is 5.98. The second-order valence-corrected chi connectivity index (χ2v) is 7.89. The number of amides is 1. The van der Waals surface area contributed by atoms with Crippen LogP contribution in [0.5, 0.6) is 5.75 Å². The highest BCUT2D eigenvalue weighted by Gasteiger charge is 2.18. The third kappa shape index (κ3) is 4.99. The van der Waals surface area contributed by atoms with E-state index in [1.54, 1.807) is 24.3 Å². The standard InChI is InChI=1S/C19H22N2O5S/c1-25-16-5-2-4-15(12-16)21-27(23,24)18-9-7-14(8-10-18)19(22)20-13-17-6-3-11-26-17/h2,4-5,7-10,12,17,21H,3,6,11,13H2,1H3,(H,20,22). The van der Waals surface area contributed by atoms with Crippen molar-refractivity contribution in [3.63, 3.8) is 0 Å². The molecule has 7 nitrogen and oxygen atoms in total. The van der Waals surface area contributed by atoms with Gasteiger partial charge < -0.3 is 14.8 Å². The first kappa shape index (κ1) is 19.2. The molecule has 0 radical (unpaired) electrons. The van der Waals surface area contributed by atoms with E-state index in [1.807, 2.05) is 0 Å². The number of hydrogen-bond acceptors (Lipinski definition) is 5. The van der Waals surface area contributed by atoms with Gasteiger partial charge in [-0.05, 0) is 49.2 Å². The Morgan fingerprint density at radius 2 is 2.00 bits per heavy atom. The van der Waals surface area contributed by atoms with E-state index in [4.69, 9.17) is 9.47 Å². The van der Waals surface area contributed by atoms with Gasteiger partial charge in [0.25, 0.3) is 15.9 Å². The third-order valence-electron chi connectivity index (χ3n) is 4.26. The Morgan fingerprint density at radius 3 is 2.67 bits per heavy atom. The molecule has 0 spiro atoms. The molecule has 1 saturated heterocycles. The summed E-state index contributed by atoms with van der Waals surface area (Å²) in [5, 5.41) is 2.81. The number of rotatable bonds is 7. The molecule has 27 heavy (non-hydrogen) atoms. The van der Waals surface area contributed by atoms with Gasteiger partial charge in [-0.2, -0.15) is 0 Å². The second kappa shape index (κ2) is 8.41. The van der Waals surface area contributed by atoms with Crippen molar-refractivity contribution in [2.24, 2.45) is 0 Å². The Balaban J connectivity index is 1.65. The minimum absolute atomic E-state index is 0.0562. The highest BCUT2D eigenvalue weighted by Crippen LogP contribution is 2.21. The Labute approximate surface area is 158 Å². The molecule has 1 aliphatic heterocycles. The number of carbonyl (C=O) groups is 1. The van der Waals surface area contributed by atoms with Crippen molar-refractivity contribution in [3.05, 3.63) is 54.1 Å². The van der Waals surface area contributed by atoms with Gasteiger partial charge in [0.15, 0.2) is 0 Å². The molecule has 2 aromatic rings. The lowest BCUT2D eigenvalue weighted by Gasteiger charge is -2.12. The van der Waals surface area contributed by atoms with Crippen LogP contribution < -0.4 is 14.8 Å². The fourth-order valence-corrected chi connectivity index (χ4v) is 3.85. The topological polar surface area (TPSA) is 93.7 Å². The maximum atomic E-state index is 12.5. The fourth-order valence-electron chi connectivity index (χ4n) is 2.80. The summed E-state index contributed by atoms with van der Waals surface area (Å²) in [5.74, 6) is 0.295. The van der Waals surface area contributed by atoms with Gasteiger partial charge in [0.1, 0.15) is 5.75 Å². The molecule has 1 unspecified atom stereocenters. The van der Waals surface area contributed by atoms with E-state index in [9.17, 15) is 13.2 Å². The van der Waals surface area contributed by atoms with Crippen LogP contribution >= 0.6 is 0 Å². The highest BCUT2D eigenvalue weighted by atomic mass is 32.2. The van der Waals surface area contributed by atoms with E-state index >= 15 is 0 Å². The van der Waals surface area contributed by atoms with E-state index in [0.717, 1.165) is 19.4 Å². The van der Waals surface area contributed by atoms with Crippen LogP contribution in [-0.4, -0.2) is 40.7 Å². The number of methoxy groups -OCH3 is 1. The molecule has 2 N–H and O–H groups in total. The van der Waals surface area contributed by atoms with Crippen LogP contribution in [0.15, 0.2) is 53.4 Å². The van der Waals surface area contributed by atoms with Gasteiger partial charge >= 0.3 is 0 Å². The molecule has 0 aromatic heterocycles. The maximum absolute atomic E-state index is 12.5.